The fraction of sp³-hybridized carbons (Fsp3) is 0.647. The van der Waals surface area contributed by atoms with Crippen LogP contribution in [0.5, 0.6) is 6.01 Å². The molecule has 27 heavy (non-hydrogen) atoms. The van der Waals surface area contributed by atoms with Gasteiger partial charge in [0, 0.05) is 13.1 Å². The van der Waals surface area contributed by atoms with Gasteiger partial charge < -0.3 is 20.6 Å². The van der Waals surface area contributed by atoms with Gasteiger partial charge in [-0.3, -0.25) is 14.3 Å². The molecule has 1 atom stereocenters. The van der Waals surface area contributed by atoms with E-state index in [1.165, 1.54) is 0 Å². The number of imidazole rings is 1. The largest absolute Gasteiger partial charge is 0.480 e. The molecule has 0 aliphatic carbocycles. The first kappa shape index (κ1) is 19.2. The molecule has 1 fully saturated rings. The number of aromatic nitrogens is 4. The lowest BCUT2D eigenvalue weighted by atomic mass is 9.98. The minimum atomic E-state index is -0.839. The van der Waals surface area contributed by atoms with Crippen molar-refractivity contribution >= 4 is 23.0 Å². The van der Waals surface area contributed by atoms with Crippen molar-refractivity contribution in [3.63, 3.8) is 0 Å². The topological polar surface area (TPSA) is 139 Å². The summed E-state index contributed by atoms with van der Waals surface area (Å²) in [6.07, 6.45) is 3.69. The van der Waals surface area contributed by atoms with Crippen LogP contribution in [0, 0.1) is 5.92 Å². The molecule has 0 radical (unpaired) electrons. The molecular formula is C17H26N6O4. The predicted molar refractivity (Wildman–Crippen MR) is 99.8 cm³/mol. The van der Waals surface area contributed by atoms with E-state index in [0.717, 1.165) is 32.2 Å². The molecule has 0 bridgehead atoms. The number of carboxylic acid groups (broad SMARTS) is 1. The molecule has 2 aromatic rings. The van der Waals surface area contributed by atoms with Gasteiger partial charge in [0.2, 0.25) is 0 Å². The van der Waals surface area contributed by atoms with Crippen LogP contribution >= 0.6 is 0 Å². The number of fused-ring (bicyclic) bond motifs is 1. The molecule has 3 heterocycles. The van der Waals surface area contributed by atoms with Crippen LogP contribution in [-0.2, 0) is 11.3 Å². The number of hydrogen-bond acceptors (Lipinski definition) is 7. The summed E-state index contributed by atoms with van der Waals surface area (Å²) < 4.78 is 7.10. The maximum atomic E-state index is 12.4. The number of anilines is 1. The summed E-state index contributed by atoms with van der Waals surface area (Å²) in [4.78, 5) is 36.5. The van der Waals surface area contributed by atoms with Crippen molar-refractivity contribution in [2.45, 2.75) is 39.2 Å². The SMILES string of the molecule is CCCCOc1nc(N)c2[nH]c(=O)n(CC3CCCN(CC(=O)O)C3)c2n1. The third-order valence-corrected chi connectivity index (χ3v) is 4.76. The number of rotatable bonds is 8. The van der Waals surface area contributed by atoms with E-state index in [0.29, 0.717) is 30.9 Å². The minimum Gasteiger partial charge on any atom is -0.480 e. The van der Waals surface area contributed by atoms with E-state index in [-0.39, 0.29) is 30.0 Å². The highest BCUT2D eigenvalue weighted by molar-refractivity contribution is 5.81. The Morgan fingerprint density at radius 1 is 1.44 bits per heavy atom. The Morgan fingerprint density at radius 3 is 3.00 bits per heavy atom. The Balaban J connectivity index is 1.82. The fourth-order valence-corrected chi connectivity index (χ4v) is 3.47. The Bertz CT molecular complexity index is 861. The van der Waals surface area contributed by atoms with Gasteiger partial charge >= 0.3 is 17.7 Å². The Labute approximate surface area is 156 Å². The standard InChI is InChI=1S/C17H26N6O4/c1-2-3-7-27-16-20-14(18)13-15(21-16)23(17(26)19-13)9-11-5-4-6-22(8-11)10-12(24)25/h11H,2-10H2,1H3,(H,19,26)(H,24,25)(H2,18,20,21). The lowest BCUT2D eigenvalue weighted by molar-refractivity contribution is -0.138. The molecule has 1 aliphatic heterocycles. The summed E-state index contributed by atoms with van der Waals surface area (Å²) in [5, 5.41) is 9.00. The summed E-state index contributed by atoms with van der Waals surface area (Å²) in [6.45, 7) is 4.40. The number of nitrogens with one attached hydrogen (secondary N) is 1. The Kier molecular flexibility index (Phi) is 5.94. The number of piperidine rings is 1. The first-order valence-electron chi connectivity index (χ1n) is 9.31. The summed E-state index contributed by atoms with van der Waals surface area (Å²) in [5.74, 6) is -0.497. The average molecular weight is 378 g/mol. The number of unbranched alkanes of at least 4 members (excludes halogenated alkanes) is 1. The van der Waals surface area contributed by atoms with Gasteiger partial charge in [-0.25, -0.2) is 4.79 Å². The van der Waals surface area contributed by atoms with Crippen molar-refractivity contribution in [3.8, 4) is 6.01 Å². The van der Waals surface area contributed by atoms with Gasteiger partial charge in [-0.2, -0.15) is 9.97 Å². The molecule has 2 aromatic heterocycles. The van der Waals surface area contributed by atoms with Gasteiger partial charge in [0.25, 0.3) is 0 Å². The number of H-pyrrole nitrogens is 1. The van der Waals surface area contributed by atoms with E-state index in [4.69, 9.17) is 15.6 Å². The summed E-state index contributed by atoms with van der Waals surface area (Å²) in [7, 11) is 0. The molecule has 0 amide bonds. The van der Waals surface area contributed by atoms with Gasteiger partial charge in [-0.1, -0.05) is 13.3 Å². The predicted octanol–water partition coefficient (Wildman–Crippen LogP) is 0.677. The molecule has 1 saturated heterocycles. The molecule has 0 saturated carbocycles. The van der Waals surface area contributed by atoms with E-state index < -0.39 is 5.97 Å². The van der Waals surface area contributed by atoms with Crippen molar-refractivity contribution in [1.82, 2.24) is 24.4 Å². The highest BCUT2D eigenvalue weighted by atomic mass is 16.5. The summed E-state index contributed by atoms with van der Waals surface area (Å²) in [6, 6.07) is 0.164. The van der Waals surface area contributed by atoms with Crippen LogP contribution in [0.4, 0.5) is 5.82 Å². The third kappa shape index (κ3) is 4.57. The number of ether oxygens (including phenoxy) is 1. The van der Waals surface area contributed by atoms with E-state index in [9.17, 15) is 9.59 Å². The van der Waals surface area contributed by atoms with Gasteiger partial charge in [0.05, 0.1) is 13.2 Å². The fourth-order valence-electron chi connectivity index (χ4n) is 3.47. The number of aliphatic carboxylic acids is 1. The second-order valence-corrected chi connectivity index (χ2v) is 6.97. The molecule has 1 unspecified atom stereocenters. The van der Waals surface area contributed by atoms with Crippen LogP contribution in [0.1, 0.15) is 32.6 Å². The van der Waals surface area contributed by atoms with Gasteiger partial charge in [0.15, 0.2) is 11.5 Å². The van der Waals surface area contributed by atoms with E-state index in [1.54, 1.807) is 4.57 Å². The van der Waals surface area contributed by atoms with Crippen LogP contribution in [0.3, 0.4) is 0 Å². The van der Waals surface area contributed by atoms with Crippen LogP contribution in [0.25, 0.3) is 11.2 Å². The number of nitrogens with two attached hydrogens (primary N) is 1. The summed E-state index contributed by atoms with van der Waals surface area (Å²) in [5.41, 5.74) is 6.50. The van der Waals surface area contributed by atoms with Crippen molar-refractivity contribution < 1.29 is 14.6 Å². The van der Waals surface area contributed by atoms with E-state index >= 15 is 0 Å². The number of aromatic amines is 1. The third-order valence-electron chi connectivity index (χ3n) is 4.76. The molecule has 0 aromatic carbocycles. The van der Waals surface area contributed by atoms with Crippen LogP contribution < -0.4 is 16.2 Å². The molecule has 4 N–H and O–H groups in total. The van der Waals surface area contributed by atoms with E-state index in [2.05, 4.69) is 21.9 Å². The smallest absolute Gasteiger partial charge is 0.327 e. The van der Waals surface area contributed by atoms with Crippen LogP contribution in [0.2, 0.25) is 0 Å². The number of carbonyl (C=O) groups is 1. The number of likely N-dealkylation sites (tertiary alicyclic amines) is 1. The zero-order chi connectivity index (χ0) is 19.4. The van der Waals surface area contributed by atoms with Gasteiger partial charge in [0.1, 0.15) is 5.52 Å². The second kappa shape index (κ2) is 8.38. The van der Waals surface area contributed by atoms with Crippen molar-refractivity contribution in [2.75, 3.05) is 32.0 Å². The Morgan fingerprint density at radius 2 is 2.26 bits per heavy atom. The monoisotopic (exact) mass is 378 g/mol. The van der Waals surface area contributed by atoms with E-state index in [1.807, 2.05) is 4.90 Å². The van der Waals surface area contributed by atoms with Gasteiger partial charge in [-0.15, -0.1) is 0 Å². The van der Waals surface area contributed by atoms with Crippen molar-refractivity contribution in [1.29, 1.82) is 0 Å². The first-order valence-corrected chi connectivity index (χ1v) is 9.31. The minimum absolute atomic E-state index is 0.0177. The molecule has 0 spiro atoms. The lowest BCUT2D eigenvalue weighted by Gasteiger charge is -2.31. The lowest BCUT2D eigenvalue weighted by Crippen LogP contribution is -2.40. The van der Waals surface area contributed by atoms with Gasteiger partial charge in [-0.05, 0) is 31.7 Å². The van der Waals surface area contributed by atoms with Crippen molar-refractivity contribution in [3.05, 3.63) is 10.5 Å². The Hall–Kier alpha value is -2.62. The molecule has 3 rings (SSSR count). The molecule has 10 heteroatoms. The number of hydrogen-bond donors (Lipinski definition) is 3. The molecule has 1 aliphatic rings. The van der Waals surface area contributed by atoms with Crippen LogP contribution in [-0.4, -0.2) is 61.7 Å². The number of carboxylic acids is 1. The summed E-state index contributed by atoms with van der Waals surface area (Å²) >= 11 is 0. The maximum Gasteiger partial charge on any atom is 0.327 e. The molecule has 148 valence electrons. The molecule has 10 nitrogen and oxygen atoms in total. The molecular weight excluding hydrogens is 352 g/mol. The second-order valence-electron chi connectivity index (χ2n) is 6.97. The normalized spacial score (nSPS) is 18.0. The zero-order valence-corrected chi connectivity index (χ0v) is 15.5. The maximum absolute atomic E-state index is 12.4. The zero-order valence-electron chi connectivity index (χ0n) is 15.5. The highest BCUT2D eigenvalue weighted by Crippen LogP contribution is 2.22. The average Bonchev–Trinajstić information content (AvgIpc) is 2.92. The first-order chi connectivity index (χ1) is 13.0. The van der Waals surface area contributed by atoms with Crippen molar-refractivity contribution in [2.24, 2.45) is 5.92 Å². The highest BCUT2D eigenvalue weighted by Gasteiger charge is 2.24. The number of nitrogens with zero attached hydrogens (tertiary/aromatic N) is 4. The quantitative estimate of drug-likeness (QED) is 0.570. The number of nitrogen functional groups attached to an aromatic ring is 1. The van der Waals surface area contributed by atoms with Crippen LogP contribution in [0.15, 0.2) is 4.79 Å².